The summed E-state index contributed by atoms with van der Waals surface area (Å²) in [7, 11) is 0. The van der Waals surface area contributed by atoms with Gasteiger partial charge in [-0.1, -0.05) is 43.3 Å². The van der Waals surface area contributed by atoms with Crippen molar-refractivity contribution in [2.75, 3.05) is 32.7 Å². The first kappa shape index (κ1) is 24.7. The second-order valence-electron chi connectivity index (χ2n) is 10.0. The molecule has 6 rings (SSSR count). The van der Waals surface area contributed by atoms with Crippen LogP contribution in [0.1, 0.15) is 41.6 Å². The van der Waals surface area contributed by atoms with E-state index >= 15 is 0 Å². The van der Waals surface area contributed by atoms with Gasteiger partial charge in [-0.15, -0.1) is 0 Å². The van der Waals surface area contributed by atoms with E-state index in [2.05, 4.69) is 11.8 Å². The SMILES string of the molecule is CC1CN(C(=O)c2cccc3ccoc23)CC1CN1CCC(c2ccc(F)cc2)CC1.c1ccsc1. The Morgan fingerprint density at radius 2 is 1.75 bits per heavy atom. The Balaban J connectivity index is 0.000000477. The topological polar surface area (TPSA) is 36.7 Å². The predicted octanol–water partition coefficient (Wildman–Crippen LogP) is 6.91. The van der Waals surface area contributed by atoms with Crippen LogP contribution in [0.4, 0.5) is 4.39 Å². The third-order valence-electron chi connectivity index (χ3n) is 7.61. The minimum absolute atomic E-state index is 0.0740. The van der Waals surface area contributed by atoms with Crippen LogP contribution < -0.4 is 0 Å². The van der Waals surface area contributed by atoms with Gasteiger partial charge in [0.15, 0.2) is 0 Å². The van der Waals surface area contributed by atoms with E-state index in [4.69, 9.17) is 4.42 Å². The van der Waals surface area contributed by atoms with Crippen molar-refractivity contribution in [2.45, 2.75) is 25.7 Å². The summed E-state index contributed by atoms with van der Waals surface area (Å²) in [5.74, 6) is 1.39. The molecular weight excluding hydrogens is 471 g/mol. The van der Waals surface area contributed by atoms with Crippen LogP contribution in [0.2, 0.25) is 0 Å². The fourth-order valence-electron chi connectivity index (χ4n) is 5.51. The fraction of sp³-hybridized carbons (Fsp3) is 0.367. The van der Waals surface area contributed by atoms with Gasteiger partial charge in [0, 0.05) is 25.0 Å². The summed E-state index contributed by atoms with van der Waals surface area (Å²) in [5, 5.41) is 5.05. The zero-order valence-corrected chi connectivity index (χ0v) is 21.5. The molecule has 0 N–H and O–H groups in total. The Hall–Kier alpha value is -2.96. The van der Waals surface area contributed by atoms with Gasteiger partial charge in [0.1, 0.15) is 11.4 Å². The monoisotopic (exact) mass is 504 g/mol. The number of amides is 1. The van der Waals surface area contributed by atoms with Gasteiger partial charge in [-0.2, -0.15) is 11.3 Å². The first-order valence-corrected chi connectivity index (χ1v) is 13.7. The Labute approximate surface area is 216 Å². The van der Waals surface area contributed by atoms with Gasteiger partial charge in [-0.25, -0.2) is 4.39 Å². The molecule has 2 aromatic heterocycles. The third-order valence-corrected chi connectivity index (χ3v) is 8.24. The van der Waals surface area contributed by atoms with Crippen LogP contribution in [0, 0.1) is 17.7 Å². The Kier molecular flexibility index (Phi) is 7.83. The standard InChI is InChI=1S/C26H29FN2O2.C4H4S/c1-18-15-29(26(30)24-4-2-3-21-11-14-31-25(21)24)17-22(18)16-28-12-9-20(10-13-28)19-5-7-23(27)8-6-19;1-2-4-5-3-1/h2-8,11,14,18,20,22H,9-10,12-13,15-17H2,1H3;1-4H. The number of carbonyl (C=O) groups excluding carboxylic acids is 1. The van der Waals surface area contributed by atoms with Crippen molar-refractivity contribution in [3.63, 3.8) is 0 Å². The Bertz CT molecular complexity index is 1230. The molecule has 4 heterocycles. The molecule has 188 valence electrons. The number of fused-ring (bicyclic) bond motifs is 1. The quantitative estimate of drug-likeness (QED) is 0.303. The van der Waals surface area contributed by atoms with Gasteiger partial charge in [-0.3, -0.25) is 4.79 Å². The molecule has 2 saturated heterocycles. The lowest BCUT2D eigenvalue weighted by atomic mass is 9.88. The summed E-state index contributed by atoms with van der Waals surface area (Å²) < 4.78 is 18.8. The lowest BCUT2D eigenvalue weighted by Crippen LogP contribution is -2.38. The van der Waals surface area contributed by atoms with Crippen LogP contribution in [-0.4, -0.2) is 48.4 Å². The molecule has 2 aliphatic heterocycles. The molecule has 36 heavy (non-hydrogen) atoms. The lowest BCUT2D eigenvalue weighted by Gasteiger charge is -2.34. The maximum absolute atomic E-state index is 13.2. The zero-order chi connectivity index (χ0) is 24.9. The summed E-state index contributed by atoms with van der Waals surface area (Å²) >= 11 is 1.71. The van der Waals surface area contributed by atoms with E-state index in [0.717, 1.165) is 51.0 Å². The second-order valence-corrected chi connectivity index (χ2v) is 10.8. The summed E-state index contributed by atoms with van der Waals surface area (Å²) in [5.41, 5.74) is 2.60. The molecule has 2 aliphatic rings. The van der Waals surface area contributed by atoms with Crippen molar-refractivity contribution in [2.24, 2.45) is 11.8 Å². The smallest absolute Gasteiger partial charge is 0.257 e. The molecule has 2 fully saturated rings. The molecule has 4 aromatic rings. The van der Waals surface area contributed by atoms with Gasteiger partial charge >= 0.3 is 0 Å². The first-order chi connectivity index (χ1) is 17.6. The number of carbonyl (C=O) groups is 1. The third kappa shape index (κ3) is 5.71. The van der Waals surface area contributed by atoms with Crippen LogP contribution in [0.5, 0.6) is 0 Å². The molecule has 1 amide bonds. The highest BCUT2D eigenvalue weighted by atomic mass is 32.1. The number of benzene rings is 2. The number of halogens is 1. The maximum Gasteiger partial charge on any atom is 0.257 e. The number of para-hydroxylation sites is 1. The average molecular weight is 505 g/mol. The van der Waals surface area contributed by atoms with Crippen LogP contribution in [0.3, 0.4) is 0 Å². The number of rotatable bonds is 4. The Morgan fingerprint density at radius 3 is 2.44 bits per heavy atom. The van der Waals surface area contributed by atoms with Crippen LogP contribution in [-0.2, 0) is 0 Å². The van der Waals surface area contributed by atoms with E-state index in [1.54, 1.807) is 29.7 Å². The fourth-order valence-corrected chi connectivity index (χ4v) is 5.97. The van der Waals surface area contributed by atoms with Gasteiger partial charge in [0.25, 0.3) is 5.91 Å². The van der Waals surface area contributed by atoms with Crippen molar-refractivity contribution in [3.05, 3.63) is 94.6 Å². The average Bonchev–Trinajstić information content (AvgIpc) is 3.68. The second kappa shape index (κ2) is 11.4. The van der Waals surface area contributed by atoms with Crippen LogP contribution in [0.15, 0.2) is 82.1 Å². The van der Waals surface area contributed by atoms with E-state index < -0.39 is 0 Å². The maximum atomic E-state index is 13.2. The molecule has 0 bridgehead atoms. The van der Waals surface area contributed by atoms with E-state index in [9.17, 15) is 9.18 Å². The molecule has 0 saturated carbocycles. The minimum atomic E-state index is -0.168. The van der Waals surface area contributed by atoms with Crippen LogP contribution in [0.25, 0.3) is 11.0 Å². The molecule has 2 aromatic carbocycles. The highest BCUT2D eigenvalue weighted by molar-refractivity contribution is 7.07. The summed E-state index contributed by atoms with van der Waals surface area (Å²) in [6.45, 7) is 7.01. The number of nitrogens with zero attached hydrogens (tertiary/aromatic N) is 2. The molecule has 6 heteroatoms. The van der Waals surface area contributed by atoms with Crippen molar-refractivity contribution in [3.8, 4) is 0 Å². The van der Waals surface area contributed by atoms with E-state index in [0.29, 0.717) is 28.9 Å². The highest BCUT2D eigenvalue weighted by Gasteiger charge is 2.35. The molecule has 2 unspecified atom stereocenters. The number of hydrogen-bond donors (Lipinski definition) is 0. The largest absolute Gasteiger partial charge is 0.464 e. The number of piperidine rings is 1. The highest BCUT2D eigenvalue weighted by Crippen LogP contribution is 2.31. The number of thiophene rings is 1. The van der Waals surface area contributed by atoms with Crippen molar-refractivity contribution in [1.82, 2.24) is 9.80 Å². The number of hydrogen-bond acceptors (Lipinski definition) is 4. The summed E-state index contributed by atoms with van der Waals surface area (Å²) in [4.78, 5) is 17.7. The predicted molar refractivity (Wildman–Crippen MR) is 144 cm³/mol. The molecule has 4 nitrogen and oxygen atoms in total. The molecule has 0 spiro atoms. The summed E-state index contributed by atoms with van der Waals surface area (Å²) in [6, 6.07) is 18.7. The molecule has 0 radical (unpaired) electrons. The van der Waals surface area contributed by atoms with E-state index in [1.807, 2.05) is 64.2 Å². The molecule has 2 atom stereocenters. The van der Waals surface area contributed by atoms with Crippen molar-refractivity contribution in [1.29, 1.82) is 0 Å². The van der Waals surface area contributed by atoms with Gasteiger partial charge < -0.3 is 14.2 Å². The summed E-state index contributed by atoms with van der Waals surface area (Å²) in [6.07, 6.45) is 3.86. The molecular formula is C30H33FN2O2S. The lowest BCUT2D eigenvalue weighted by molar-refractivity contribution is 0.0781. The van der Waals surface area contributed by atoms with Crippen molar-refractivity contribution >= 4 is 28.2 Å². The van der Waals surface area contributed by atoms with Gasteiger partial charge in [0.05, 0.1) is 11.8 Å². The van der Waals surface area contributed by atoms with Gasteiger partial charge in [0.2, 0.25) is 0 Å². The normalized spacial score (nSPS) is 20.9. The zero-order valence-electron chi connectivity index (χ0n) is 20.7. The molecule has 0 aliphatic carbocycles. The first-order valence-electron chi connectivity index (χ1n) is 12.8. The number of furan rings is 1. The van der Waals surface area contributed by atoms with E-state index in [1.165, 1.54) is 5.56 Å². The Morgan fingerprint density at radius 1 is 1.00 bits per heavy atom. The minimum Gasteiger partial charge on any atom is -0.464 e. The van der Waals surface area contributed by atoms with E-state index in [-0.39, 0.29) is 11.7 Å². The van der Waals surface area contributed by atoms with Crippen LogP contribution >= 0.6 is 11.3 Å². The van der Waals surface area contributed by atoms with Crippen molar-refractivity contribution < 1.29 is 13.6 Å². The van der Waals surface area contributed by atoms with Gasteiger partial charge in [-0.05, 0) is 84.3 Å². The number of likely N-dealkylation sites (tertiary alicyclic amines) is 2.